The normalized spacial score (nSPS) is 12.8. The number of hydrogen-bond acceptors (Lipinski definition) is 4. The van der Waals surface area contributed by atoms with E-state index in [2.05, 4.69) is 15.9 Å². The van der Waals surface area contributed by atoms with Crippen LogP contribution in [-0.4, -0.2) is 24.9 Å². The predicted octanol–water partition coefficient (Wildman–Crippen LogP) is 0.700. The van der Waals surface area contributed by atoms with Crippen LogP contribution in [0, 0.1) is 0 Å². The van der Waals surface area contributed by atoms with Crippen LogP contribution in [0.3, 0.4) is 0 Å². The van der Waals surface area contributed by atoms with E-state index < -0.39 is 0 Å². The molecule has 0 saturated heterocycles. The number of nitrogens with one attached hydrogen (secondary N) is 1. The monoisotopic (exact) mass is 222 g/mol. The highest BCUT2D eigenvalue weighted by atomic mass is 31.1. The maximum Gasteiger partial charge on any atom is 0.325 e. The summed E-state index contributed by atoms with van der Waals surface area (Å²) >= 11 is 0. The Morgan fingerprint density at radius 1 is 1.69 bits per heavy atom. The third-order valence-corrected chi connectivity index (χ3v) is 2.32. The van der Waals surface area contributed by atoms with E-state index in [1.165, 1.54) is 0 Å². The Morgan fingerprint density at radius 2 is 2.38 bits per heavy atom. The summed E-state index contributed by atoms with van der Waals surface area (Å²) in [6.45, 7) is 0.657. The number of rotatable bonds is 7. The lowest BCUT2D eigenvalue weighted by Gasteiger charge is -2.12. The van der Waals surface area contributed by atoms with Crippen molar-refractivity contribution in [3.63, 3.8) is 0 Å². The molecule has 0 amide bonds. The minimum atomic E-state index is -0.266. The molecule has 76 valence electrons. The van der Waals surface area contributed by atoms with Gasteiger partial charge in [0.1, 0.15) is 6.04 Å². The zero-order chi connectivity index (χ0) is 10.1. The summed E-state index contributed by atoms with van der Waals surface area (Å²) in [5, 5.41) is 2.92. The number of hydrogen-bond donors (Lipinski definition) is 2. The molecule has 4 nitrogen and oxygen atoms in total. The minimum absolute atomic E-state index is 0.261. The van der Waals surface area contributed by atoms with Gasteiger partial charge in [-0.05, 0) is 27.7 Å². The van der Waals surface area contributed by atoms with Gasteiger partial charge < -0.3 is 10.3 Å². The Balaban J connectivity index is 3.79. The van der Waals surface area contributed by atoms with Crippen molar-refractivity contribution < 1.29 is 9.32 Å². The van der Waals surface area contributed by atoms with Crippen molar-refractivity contribution in [2.75, 3.05) is 6.54 Å². The molecule has 0 bridgehead atoms. The molecule has 0 aromatic heterocycles. The first-order valence-corrected chi connectivity index (χ1v) is 5.63. The fourth-order valence-corrected chi connectivity index (χ4v) is 1.54. The number of carbonyl (C=O) groups excluding carboxylic acids is 1. The largest absolute Gasteiger partial charge is 0.450 e. The zero-order valence-corrected chi connectivity index (χ0v) is 9.58. The summed E-state index contributed by atoms with van der Waals surface area (Å²) in [7, 11) is 2.69. The van der Waals surface area contributed by atoms with E-state index in [4.69, 9.17) is 5.73 Å². The van der Waals surface area contributed by atoms with Crippen LogP contribution in [-0.2, 0) is 9.32 Å². The first kappa shape index (κ1) is 13.0. The maximum atomic E-state index is 11.1. The third kappa shape index (κ3) is 6.11. The maximum absolute atomic E-state index is 11.1. The van der Waals surface area contributed by atoms with Gasteiger partial charge in [0.25, 0.3) is 0 Å². The Labute approximate surface area is 82.7 Å². The van der Waals surface area contributed by atoms with E-state index in [0.29, 0.717) is 6.54 Å². The van der Waals surface area contributed by atoms with E-state index in [0.717, 1.165) is 27.6 Å². The first-order valence-electron chi connectivity index (χ1n) is 4.08. The molecule has 0 saturated carbocycles. The van der Waals surface area contributed by atoms with Crippen molar-refractivity contribution in [1.82, 2.24) is 5.09 Å². The van der Waals surface area contributed by atoms with Crippen LogP contribution >= 0.6 is 17.8 Å². The zero-order valence-electron chi connectivity index (χ0n) is 7.53. The second-order valence-corrected chi connectivity index (χ2v) is 3.37. The summed E-state index contributed by atoms with van der Waals surface area (Å²) in [6, 6.07) is -0.261. The predicted molar refractivity (Wildman–Crippen MR) is 59.7 cm³/mol. The summed E-state index contributed by atoms with van der Waals surface area (Å²) in [5.41, 5.74) is 5.34. The Hall–Kier alpha value is -0.0100. The smallest absolute Gasteiger partial charge is 0.325 e. The average molecular weight is 222 g/mol. The van der Waals surface area contributed by atoms with Gasteiger partial charge in [0.2, 0.25) is 0 Å². The molecule has 13 heavy (non-hydrogen) atoms. The molecule has 0 spiro atoms. The molecule has 2 atom stereocenters. The summed E-state index contributed by atoms with van der Waals surface area (Å²) in [6.07, 6.45) is 6.18. The van der Waals surface area contributed by atoms with E-state index in [9.17, 15) is 4.79 Å². The molecule has 0 aliphatic rings. The van der Waals surface area contributed by atoms with Crippen molar-refractivity contribution in [2.24, 2.45) is 5.73 Å². The molecular weight excluding hydrogens is 206 g/mol. The molecule has 0 aromatic carbocycles. The van der Waals surface area contributed by atoms with Gasteiger partial charge in [-0.15, -0.1) is 0 Å². The quantitative estimate of drug-likeness (QED) is 0.491. The Bertz CT molecular complexity index is 167. The van der Waals surface area contributed by atoms with Crippen LogP contribution in [0.5, 0.6) is 0 Å². The van der Waals surface area contributed by atoms with Crippen molar-refractivity contribution in [3.05, 3.63) is 0 Å². The van der Waals surface area contributed by atoms with Crippen molar-refractivity contribution in [1.29, 1.82) is 0 Å². The summed E-state index contributed by atoms with van der Waals surface area (Å²) < 4.78 is 4.55. The standard InChI is InChI=1S/C7H16N2O2P2/c1-13-9-6(7(10)11-12)4-2-3-5-8/h6,9H,1-5,8,12H2. The third-order valence-electron chi connectivity index (χ3n) is 1.59. The molecule has 0 heterocycles. The van der Waals surface area contributed by atoms with Crippen LogP contribution in [0.1, 0.15) is 19.3 Å². The number of nitrogens with two attached hydrogens (primary N) is 1. The minimum Gasteiger partial charge on any atom is -0.450 e. The van der Waals surface area contributed by atoms with E-state index in [-0.39, 0.29) is 12.0 Å². The van der Waals surface area contributed by atoms with Gasteiger partial charge in [-0.1, -0.05) is 12.7 Å². The van der Waals surface area contributed by atoms with Crippen molar-refractivity contribution in [3.8, 4) is 0 Å². The molecule has 0 rings (SSSR count). The number of carbonyl (C=O) groups is 1. The SMILES string of the molecule is C=PNC(CCCCN)C(=O)OP. The fraction of sp³-hybridized carbons (Fsp3) is 0.714. The molecule has 0 aliphatic carbocycles. The second-order valence-electron chi connectivity index (χ2n) is 2.56. The van der Waals surface area contributed by atoms with Crippen molar-refractivity contribution >= 4 is 30.1 Å². The van der Waals surface area contributed by atoms with Crippen molar-refractivity contribution in [2.45, 2.75) is 25.3 Å². The van der Waals surface area contributed by atoms with Crippen LogP contribution in [0.2, 0.25) is 0 Å². The topological polar surface area (TPSA) is 64.3 Å². The molecule has 0 aromatic rings. The van der Waals surface area contributed by atoms with Gasteiger partial charge in [-0.25, -0.2) is 0 Å². The van der Waals surface area contributed by atoms with Crippen LogP contribution in [0.15, 0.2) is 0 Å². The lowest BCUT2D eigenvalue weighted by molar-refractivity contribution is -0.135. The molecule has 0 fully saturated rings. The van der Waals surface area contributed by atoms with E-state index >= 15 is 0 Å². The molecule has 2 unspecified atom stereocenters. The highest BCUT2D eigenvalue weighted by Gasteiger charge is 2.16. The van der Waals surface area contributed by atoms with Gasteiger partial charge in [-0.3, -0.25) is 9.88 Å². The molecule has 6 heteroatoms. The molecular formula is C7H16N2O2P2. The van der Waals surface area contributed by atoms with Gasteiger partial charge in [0.05, 0.1) is 9.47 Å². The van der Waals surface area contributed by atoms with Crippen LogP contribution in [0.4, 0.5) is 0 Å². The second kappa shape index (κ2) is 8.58. The Kier molecular flexibility index (Phi) is 8.58. The summed E-state index contributed by atoms with van der Waals surface area (Å²) in [5.74, 6) is -0.266. The molecule has 0 radical (unpaired) electrons. The van der Waals surface area contributed by atoms with Crippen LogP contribution < -0.4 is 10.8 Å². The lowest BCUT2D eigenvalue weighted by atomic mass is 10.1. The Morgan fingerprint density at radius 3 is 2.85 bits per heavy atom. The molecule has 3 N–H and O–H groups in total. The average Bonchev–Trinajstić information content (AvgIpc) is 2.16. The highest BCUT2D eigenvalue weighted by molar-refractivity contribution is 7.34. The van der Waals surface area contributed by atoms with Gasteiger partial charge in [0, 0.05) is 0 Å². The van der Waals surface area contributed by atoms with Crippen LogP contribution in [0.25, 0.3) is 0 Å². The number of unbranched alkanes of at least 4 members (excludes halogenated alkanes) is 1. The first-order chi connectivity index (χ1) is 6.26. The molecule has 0 aliphatic heterocycles. The highest BCUT2D eigenvalue weighted by Crippen LogP contribution is 2.06. The summed E-state index contributed by atoms with van der Waals surface area (Å²) in [4.78, 5) is 11.1. The van der Waals surface area contributed by atoms with E-state index in [1.54, 1.807) is 0 Å². The van der Waals surface area contributed by atoms with Gasteiger partial charge in [-0.2, -0.15) is 0 Å². The van der Waals surface area contributed by atoms with Gasteiger partial charge in [0.15, 0.2) is 0 Å². The van der Waals surface area contributed by atoms with Gasteiger partial charge >= 0.3 is 5.97 Å². The lowest BCUT2D eigenvalue weighted by Crippen LogP contribution is -2.31. The van der Waals surface area contributed by atoms with E-state index in [1.807, 2.05) is 9.47 Å². The fourth-order valence-electron chi connectivity index (χ4n) is 0.920.